The van der Waals surface area contributed by atoms with Crippen molar-refractivity contribution in [2.75, 3.05) is 0 Å². The lowest BCUT2D eigenvalue weighted by Crippen LogP contribution is -2.27. The van der Waals surface area contributed by atoms with Crippen molar-refractivity contribution in [2.24, 2.45) is 0 Å². The summed E-state index contributed by atoms with van der Waals surface area (Å²) in [7, 11) is 0. The van der Waals surface area contributed by atoms with Gasteiger partial charge < -0.3 is 5.32 Å². The zero-order chi connectivity index (χ0) is 19.4. The Bertz CT molecular complexity index is 960. The van der Waals surface area contributed by atoms with Crippen molar-refractivity contribution >= 4 is 29.1 Å². The van der Waals surface area contributed by atoms with E-state index in [0.29, 0.717) is 21.2 Å². The third-order valence-electron chi connectivity index (χ3n) is 4.44. The van der Waals surface area contributed by atoms with E-state index in [1.54, 1.807) is 37.3 Å². The molecule has 138 valence electrons. The first kappa shape index (κ1) is 19.4. The van der Waals surface area contributed by atoms with Gasteiger partial charge in [0, 0.05) is 22.2 Å². The molecule has 2 nitrogen and oxygen atoms in total. The summed E-state index contributed by atoms with van der Waals surface area (Å²) in [5, 5.41) is 3.87. The van der Waals surface area contributed by atoms with Gasteiger partial charge in [-0.25, -0.2) is 4.39 Å². The normalized spacial score (nSPS) is 11.9. The van der Waals surface area contributed by atoms with Crippen molar-refractivity contribution in [3.8, 4) is 11.1 Å². The van der Waals surface area contributed by atoms with Gasteiger partial charge in [-0.15, -0.1) is 0 Å². The summed E-state index contributed by atoms with van der Waals surface area (Å²) < 4.78 is 14.5. The highest BCUT2D eigenvalue weighted by molar-refractivity contribution is 6.35. The lowest BCUT2D eigenvalue weighted by Gasteiger charge is -2.14. The average Bonchev–Trinajstić information content (AvgIpc) is 2.67. The summed E-state index contributed by atoms with van der Waals surface area (Å²) in [5.74, 6) is -1.04. The Hall–Kier alpha value is -2.36. The molecule has 5 heteroatoms. The Morgan fingerprint density at radius 1 is 1.04 bits per heavy atom. The number of carbonyl (C=O) groups is 1. The summed E-state index contributed by atoms with van der Waals surface area (Å²) in [6, 6.07) is 19.3. The predicted molar refractivity (Wildman–Crippen MR) is 109 cm³/mol. The first-order chi connectivity index (χ1) is 13.0. The van der Waals surface area contributed by atoms with Gasteiger partial charge in [-0.3, -0.25) is 4.79 Å². The summed E-state index contributed by atoms with van der Waals surface area (Å²) in [6.07, 6.45) is 0. The minimum atomic E-state index is -0.490. The molecule has 1 N–H and O–H groups in total. The Labute approximate surface area is 167 Å². The molecule has 3 aromatic carbocycles. The smallest absolute Gasteiger partial charge is 0.227 e. The quantitative estimate of drug-likeness (QED) is 0.539. The third-order valence-corrected chi connectivity index (χ3v) is 5.03. The van der Waals surface area contributed by atoms with Gasteiger partial charge in [0.15, 0.2) is 0 Å². The molecule has 0 aromatic heterocycles. The zero-order valence-electron chi connectivity index (χ0n) is 14.7. The topological polar surface area (TPSA) is 29.1 Å². The molecular weight excluding hydrogens is 384 g/mol. The number of carbonyl (C=O) groups excluding carboxylic acids is 1. The molecule has 0 aliphatic rings. The number of benzene rings is 3. The molecule has 0 saturated carbocycles. The highest BCUT2D eigenvalue weighted by Gasteiger charge is 2.17. The van der Waals surface area contributed by atoms with Gasteiger partial charge in [-0.1, -0.05) is 71.7 Å². The number of nitrogens with one attached hydrogen (secondary N) is 1. The van der Waals surface area contributed by atoms with Gasteiger partial charge in [0.25, 0.3) is 0 Å². The first-order valence-electron chi connectivity index (χ1n) is 8.52. The standard InChI is InChI=1S/C22H18Cl2FNO/c1-14(22(27)26-13-17-7-9-18(23)12-20(17)24)16-8-10-19(21(25)11-16)15-5-3-2-4-6-15/h2-12,14H,13H2,1H3,(H,26,27)/t14-/m1/s1. The molecule has 0 unspecified atom stereocenters. The highest BCUT2D eigenvalue weighted by Crippen LogP contribution is 2.26. The molecule has 0 spiro atoms. The van der Waals surface area contributed by atoms with Crippen molar-refractivity contribution in [3.63, 3.8) is 0 Å². The Morgan fingerprint density at radius 2 is 1.78 bits per heavy atom. The fourth-order valence-electron chi connectivity index (χ4n) is 2.80. The van der Waals surface area contributed by atoms with Crippen LogP contribution in [0.5, 0.6) is 0 Å². The molecule has 1 atom stereocenters. The fourth-order valence-corrected chi connectivity index (χ4v) is 3.28. The maximum Gasteiger partial charge on any atom is 0.227 e. The van der Waals surface area contributed by atoms with Crippen LogP contribution < -0.4 is 5.32 Å². The van der Waals surface area contributed by atoms with Crippen LogP contribution >= 0.6 is 23.2 Å². The Kier molecular flexibility index (Phi) is 6.15. The van der Waals surface area contributed by atoms with Crippen molar-refractivity contribution in [1.82, 2.24) is 5.32 Å². The van der Waals surface area contributed by atoms with Crippen LogP contribution in [0.15, 0.2) is 66.7 Å². The van der Waals surface area contributed by atoms with Crippen molar-refractivity contribution < 1.29 is 9.18 Å². The molecule has 0 aliphatic heterocycles. The highest BCUT2D eigenvalue weighted by atomic mass is 35.5. The van der Waals surface area contributed by atoms with Crippen LogP contribution in [-0.4, -0.2) is 5.91 Å². The van der Waals surface area contributed by atoms with Crippen LogP contribution in [0.3, 0.4) is 0 Å². The van der Waals surface area contributed by atoms with E-state index in [1.807, 2.05) is 30.3 Å². The van der Waals surface area contributed by atoms with E-state index in [1.165, 1.54) is 6.07 Å². The molecule has 1 amide bonds. The molecule has 3 aromatic rings. The van der Waals surface area contributed by atoms with E-state index in [0.717, 1.165) is 11.1 Å². The molecule has 0 bridgehead atoms. The lowest BCUT2D eigenvalue weighted by molar-refractivity contribution is -0.122. The SMILES string of the molecule is C[C@@H](C(=O)NCc1ccc(Cl)cc1Cl)c1ccc(-c2ccccc2)c(F)c1. The summed E-state index contributed by atoms with van der Waals surface area (Å²) in [6.45, 7) is 2.03. The second-order valence-electron chi connectivity index (χ2n) is 6.28. The Balaban J connectivity index is 1.70. The van der Waals surface area contributed by atoms with E-state index < -0.39 is 5.92 Å². The van der Waals surface area contributed by atoms with Crippen LogP contribution in [0.1, 0.15) is 24.0 Å². The molecular formula is C22H18Cl2FNO. The molecule has 0 radical (unpaired) electrons. The largest absolute Gasteiger partial charge is 0.351 e. The predicted octanol–water partition coefficient (Wildman–Crippen LogP) is 6.22. The summed E-state index contributed by atoms with van der Waals surface area (Å²) in [4.78, 5) is 12.5. The maximum absolute atomic E-state index is 14.5. The van der Waals surface area contributed by atoms with Gasteiger partial charge in [-0.05, 0) is 41.8 Å². The Morgan fingerprint density at radius 3 is 2.44 bits per heavy atom. The molecule has 27 heavy (non-hydrogen) atoms. The van der Waals surface area contributed by atoms with E-state index in [-0.39, 0.29) is 18.3 Å². The van der Waals surface area contributed by atoms with Gasteiger partial charge in [0.2, 0.25) is 5.91 Å². The molecule has 0 heterocycles. The molecule has 0 fully saturated rings. The number of rotatable bonds is 5. The number of hydrogen-bond acceptors (Lipinski definition) is 1. The third kappa shape index (κ3) is 4.68. The van der Waals surface area contributed by atoms with Crippen LogP contribution in [0.4, 0.5) is 4.39 Å². The van der Waals surface area contributed by atoms with Gasteiger partial charge in [0.1, 0.15) is 5.82 Å². The molecule has 0 saturated heterocycles. The number of halogens is 3. The summed E-state index contributed by atoms with van der Waals surface area (Å²) in [5.41, 5.74) is 2.70. The average molecular weight is 402 g/mol. The van der Waals surface area contributed by atoms with Crippen LogP contribution in [0.2, 0.25) is 10.0 Å². The molecule has 3 rings (SSSR count). The number of hydrogen-bond donors (Lipinski definition) is 1. The minimum absolute atomic E-state index is 0.201. The first-order valence-corrected chi connectivity index (χ1v) is 9.28. The fraction of sp³-hybridized carbons (Fsp3) is 0.136. The van der Waals surface area contributed by atoms with E-state index >= 15 is 0 Å². The zero-order valence-corrected chi connectivity index (χ0v) is 16.2. The number of amides is 1. The van der Waals surface area contributed by atoms with E-state index in [2.05, 4.69) is 5.32 Å². The second-order valence-corrected chi connectivity index (χ2v) is 7.12. The van der Waals surface area contributed by atoms with Crippen LogP contribution in [0, 0.1) is 5.82 Å². The summed E-state index contributed by atoms with van der Waals surface area (Å²) >= 11 is 12.0. The van der Waals surface area contributed by atoms with Crippen molar-refractivity contribution in [1.29, 1.82) is 0 Å². The van der Waals surface area contributed by atoms with Gasteiger partial charge in [0.05, 0.1) is 5.92 Å². The van der Waals surface area contributed by atoms with Crippen molar-refractivity contribution in [3.05, 3.63) is 93.7 Å². The monoisotopic (exact) mass is 401 g/mol. The van der Waals surface area contributed by atoms with Crippen LogP contribution in [-0.2, 0) is 11.3 Å². The molecule has 0 aliphatic carbocycles. The van der Waals surface area contributed by atoms with E-state index in [9.17, 15) is 9.18 Å². The van der Waals surface area contributed by atoms with E-state index in [4.69, 9.17) is 23.2 Å². The van der Waals surface area contributed by atoms with Crippen LogP contribution in [0.25, 0.3) is 11.1 Å². The van der Waals surface area contributed by atoms with Gasteiger partial charge >= 0.3 is 0 Å². The second kappa shape index (κ2) is 8.55. The minimum Gasteiger partial charge on any atom is -0.351 e. The van der Waals surface area contributed by atoms with Crippen molar-refractivity contribution in [2.45, 2.75) is 19.4 Å². The maximum atomic E-state index is 14.5. The lowest BCUT2D eigenvalue weighted by atomic mass is 9.96. The van der Waals surface area contributed by atoms with Gasteiger partial charge in [-0.2, -0.15) is 0 Å².